The van der Waals surface area contributed by atoms with Gasteiger partial charge in [-0.05, 0) is 61.6 Å². The molecule has 2 atom stereocenters. The number of nitrogens with one attached hydrogen (secondary N) is 1. The van der Waals surface area contributed by atoms with Crippen LogP contribution in [0.2, 0.25) is 0 Å². The highest BCUT2D eigenvalue weighted by Gasteiger charge is 2.48. The maximum Gasteiger partial charge on any atom is 0.328 e. The van der Waals surface area contributed by atoms with Crippen LogP contribution in [0.25, 0.3) is 17.0 Å². The Kier molecular flexibility index (Phi) is 5.16. The van der Waals surface area contributed by atoms with Crippen LogP contribution < -0.4 is 0 Å². The number of aliphatic carboxylic acids is 1. The number of carboxylic acids is 1. The molecule has 1 saturated carbocycles. The van der Waals surface area contributed by atoms with Gasteiger partial charge in [0.15, 0.2) is 0 Å². The molecule has 5 rings (SSSR count). The molecule has 2 aliphatic rings. The Morgan fingerprint density at radius 2 is 1.94 bits per heavy atom. The summed E-state index contributed by atoms with van der Waals surface area (Å²) in [5.74, 6) is -2.69. The molecular weight excluding hydrogens is 426 g/mol. The number of aromatic amines is 1. The largest absolute Gasteiger partial charge is 0.478 e. The predicted molar refractivity (Wildman–Crippen MR) is 121 cm³/mol. The molecule has 0 unspecified atom stereocenters. The van der Waals surface area contributed by atoms with Crippen LogP contribution in [0.5, 0.6) is 0 Å². The topological polar surface area (TPSA) is 73.4 Å². The van der Waals surface area contributed by atoms with Crippen LogP contribution in [-0.4, -0.2) is 39.8 Å². The van der Waals surface area contributed by atoms with E-state index >= 15 is 8.78 Å². The quantitative estimate of drug-likeness (QED) is 0.416. The molecule has 1 fully saturated rings. The van der Waals surface area contributed by atoms with Gasteiger partial charge in [0, 0.05) is 46.2 Å². The van der Waals surface area contributed by atoms with E-state index in [1.165, 1.54) is 6.08 Å². The number of H-pyrrole nitrogens is 1. The van der Waals surface area contributed by atoms with Crippen LogP contribution in [-0.2, 0) is 16.0 Å². The zero-order valence-electron chi connectivity index (χ0n) is 18.1. The number of carboxylic acid groups (broad SMARTS) is 1. The Morgan fingerprint density at radius 1 is 1.24 bits per heavy atom. The number of para-hydroxylation sites is 1. The predicted octanol–water partition coefficient (Wildman–Crippen LogP) is 4.86. The number of aldehydes is 1. The van der Waals surface area contributed by atoms with Gasteiger partial charge in [-0.2, -0.15) is 0 Å². The molecule has 2 heterocycles. The minimum absolute atomic E-state index is 0.0375. The molecule has 0 amide bonds. The lowest BCUT2D eigenvalue weighted by atomic mass is 9.86. The summed E-state index contributed by atoms with van der Waals surface area (Å²) in [6.45, 7) is 2.45. The average molecular weight is 450 g/mol. The van der Waals surface area contributed by atoms with Crippen LogP contribution in [0.3, 0.4) is 0 Å². The number of aromatic nitrogens is 1. The first-order chi connectivity index (χ1) is 15.8. The van der Waals surface area contributed by atoms with E-state index < -0.39 is 29.1 Å². The van der Waals surface area contributed by atoms with E-state index in [1.54, 1.807) is 0 Å². The third kappa shape index (κ3) is 3.76. The maximum atomic E-state index is 15.5. The lowest BCUT2D eigenvalue weighted by Gasteiger charge is -2.42. The van der Waals surface area contributed by atoms with Crippen molar-refractivity contribution in [3.63, 3.8) is 0 Å². The molecule has 1 aromatic heterocycles. The molecule has 0 bridgehead atoms. The normalized spacial score (nSPS) is 21.9. The van der Waals surface area contributed by atoms with E-state index in [1.807, 2.05) is 36.1 Å². The zero-order chi connectivity index (χ0) is 23.3. The molecule has 0 spiro atoms. The number of carbonyl (C=O) groups is 2. The van der Waals surface area contributed by atoms with Crippen molar-refractivity contribution in [2.45, 2.75) is 38.3 Å². The van der Waals surface area contributed by atoms with Crippen molar-refractivity contribution in [2.24, 2.45) is 5.41 Å². The number of halogens is 2. The Labute approximate surface area is 189 Å². The lowest BCUT2D eigenvalue weighted by Crippen LogP contribution is -2.46. The summed E-state index contributed by atoms with van der Waals surface area (Å²) >= 11 is 0. The number of hydrogen-bond acceptors (Lipinski definition) is 3. The second kappa shape index (κ2) is 7.92. The summed E-state index contributed by atoms with van der Waals surface area (Å²) < 4.78 is 30.9. The van der Waals surface area contributed by atoms with Crippen LogP contribution in [0.1, 0.15) is 48.2 Å². The monoisotopic (exact) mass is 450 g/mol. The highest BCUT2D eigenvalue weighted by atomic mass is 19.1. The summed E-state index contributed by atoms with van der Waals surface area (Å²) in [5, 5.41) is 9.87. The minimum atomic E-state index is -1.20. The summed E-state index contributed by atoms with van der Waals surface area (Å²) in [4.78, 5) is 28.0. The van der Waals surface area contributed by atoms with Gasteiger partial charge in [0.05, 0.1) is 6.04 Å². The average Bonchev–Trinajstić information content (AvgIpc) is 3.47. The Morgan fingerprint density at radius 3 is 2.58 bits per heavy atom. The van der Waals surface area contributed by atoms with Gasteiger partial charge >= 0.3 is 5.97 Å². The number of hydrogen-bond donors (Lipinski definition) is 2. The summed E-state index contributed by atoms with van der Waals surface area (Å²) in [7, 11) is 0. The second-order valence-electron chi connectivity index (χ2n) is 9.24. The molecule has 5 nitrogen and oxygen atoms in total. The van der Waals surface area contributed by atoms with Gasteiger partial charge < -0.3 is 14.9 Å². The molecule has 33 heavy (non-hydrogen) atoms. The van der Waals surface area contributed by atoms with Crippen molar-refractivity contribution in [1.82, 2.24) is 9.88 Å². The van der Waals surface area contributed by atoms with Crippen molar-refractivity contribution in [3.8, 4) is 0 Å². The van der Waals surface area contributed by atoms with Gasteiger partial charge in [0.25, 0.3) is 0 Å². The molecule has 1 aliphatic carbocycles. The van der Waals surface area contributed by atoms with E-state index in [0.717, 1.165) is 59.5 Å². The molecule has 1 aliphatic heterocycles. The zero-order valence-corrected chi connectivity index (χ0v) is 18.1. The fraction of sp³-hybridized carbons (Fsp3) is 0.308. The van der Waals surface area contributed by atoms with Gasteiger partial charge in [-0.3, -0.25) is 4.90 Å². The Hall–Kier alpha value is -3.32. The highest BCUT2D eigenvalue weighted by Crippen LogP contribution is 2.49. The van der Waals surface area contributed by atoms with Gasteiger partial charge in [-0.25, -0.2) is 13.6 Å². The van der Waals surface area contributed by atoms with Crippen molar-refractivity contribution in [2.75, 3.05) is 6.54 Å². The summed E-state index contributed by atoms with van der Waals surface area (Å²) in [6, 6.07) is 9.35. The smallest absolute Gasteiger partial charge is 0.328 e. The Balaban J connectivity index is 1.68. The van der Waals surface area contributed by atoms with Gasteiger partial charge in [0.1, 0.15) is 17.9 Å². The first kappa shape index (κ1) is 21.5. The minimum Gasteiger partial charge on any atom is -0.478 e. The van der Waals surface area contributed by atoms with E-state index in [4.69, 9.17) is 5.11 Å². The molecule has 2 N–H and O–H groups in total. The van der Waals surface area contributed by atoms with E-state index in [2.05, 4.69) is 4.98 Å². The third-order valence-corrected chi connectivity index (χ3v) is 6.95. The van der Waals surface area contributed by atoms with Crippen molar-refractivity contribution >= 4 is 29.2 Å². The van der Waals surface area contributed by atoms with Crippen LogP contribution in [0.4, 0.5) is 8.78 Å². The Bertz CT molecular complexity index is 1270. The van der Waals surface area contributed by atoms with E-state index in [-0.39, 0.29) is 17.2 Å². The lowest BCUT2D eigenvalue weighted by molar-refractivity contribution is -0.131. The van der Waals surface area contributed by atoms with Gasteiger partial charge in [-0.1, -0.05) is 18.2 Å². The SMILES string of the molecule is C[C@@H]1Cc2c([nH]c3ccccc23)[C@@H](c2c(F)cc(/C=C/C(=O)O)cc2F)N1CC1(C=O)CC1. The van der Waals surface area contributed by atoms with E-state index in [0.29, 0.717) is 13.0 Å². The third-order valence-electron chi connectivity index (χ3n) is 6.95. The maximum absolute atomic E-state index is 15.5. The van der Waals surface area contributed by atoms with Crippen molar-refractivity contribution < 1.29 is 23.5 Å². The molecule has 3 aromatic rings. The molecule has 0 saturated heterocycles. The highest BCUT2D eigenvalue weighted by molar-refractivity contribution is 5.86. The first-order valence-corrected chi connectivity index (χ1v) is 11.0. The fourth-order valence-corrected chi connectivity index (χ4v) is 5.03. The second-order valence-corrected chi connectivity index (χ2v) is 9.24. The number of nitrogens with zero attached hydrogens (tertiary/aromatic N) is 1. The van der Waals surface area contributed by atoms with Crippen molar-refractivity contribution in [3.05, 3.63) is 76.5 Å². The standard InChI is InChI=1S/C26H24F2N2O3/c1-15-10-18-17-4-2-3-5-21(17)29-24(18)25(30(15)13-26(14-31)8-9-26)23-19(27)11-16(12-20(23)28)6-7-22(32)33/h2-7,11-12,14-15,25,29H,8-10,13H2,1H3,(H,32,33)/b7-6+/t15-,25-/m1/s1. The van der Waals surface area contributed by atoms with Crippen LogP contribution in [0.15, 0.2) is 42.5 Å². The fourth-order valence-electron chi connectivity index (χ4n) is 5.03. The first-order valence-electron chi connectivity index (χ1n) is 11.0. The molecule has 170 valence electrons. The van der Waals surface area contributed by atoms with Crippen LogP contribution >= 0.6 is 0 Å². The summed E-state index contributed by atoms with van der Waals surface area (Å²) in [6.07, 6.45) is 5.24. The molecule has 2 aromatic carbocycles. The van der Waals surface area contributed by atoms with Crippen molar-refractivity contribution in [1.29, 1.82) is 0 Å². The van der Waals surface area contributed by atoms with Gasteiger partial charge in [0.2, 0.25) is 0 Å². The van der Waals surface area contributed by atoms with Crippen LogP contribution in [0, 0.1) is 17.0 Å². The van der Waals surface area contributed by atoms with Gasteiger partial charge in [-0.15, -0.1) is 0 Å². The number of rotatable bonds is 6. The molecular formula is C26H24F2N2O3. The molecule has 0 radical (unpaired) electrons. The number of benzene rings is 2. The van der Waals surface area contributed by atoms with E-state index in [9.17, 15) is 9.59 Å². The molecule has 7 heteroatoms. The summed E-state index contributed by atoms with van der Waals surface area (Å²) in [5.41, 5.74) is 2.25. The number of carbonyl (C=O) groups excluding carboxylic acids is 1. The number of fused-ring (bicyclic) bond motifs is 3.